The fraction of sp³-hybridized carbons (Fsp3) is 0.500. The molecule has 0 aliphatic rings. The van der Waals surface area contributed by atoms with Crippen LogP contribution in [-0.2, 0) is 0 Å². The third kappa shape index (κ3) is 1.92. The van der Waals surface area contributed by atoms with E-state index in [-0.39, 0.29) is 11.5 Å². The first-order chi connectivity index (χ1) is 8.36. The highest BCUT2D eigenvalue weighted by molar-refractivity contribution is 5.84. The lowest BCUT2D eigenvalue weighted by Crippen LogP contribution is -2.22. The van der Waals surface area contributed by atoms with Gasteiger partial charge in [-0.05, 0) is 24.5 Å². The van der Waals surface area contributed by atoms with Crippen LogP contribution in [0, 0.1) is 5.41 Å². The molecule has 1 heterocycles. The number of nitrogens with zero attached hydrogens (tertiary/aromatic N) is 2. The summed E-state index contributed by atoms with van der Waals surface area (Å²) in [7, 11) is 1.65. The number of rotatable bonds is 2. The van der Waals surface area contributed by atoms with Gasteiger partial charge in [-0.3, -0.25) is 0 Å². The number of anilines is 1. The summed E-state index contributed by atoms with van der Waals surface area (Å²) in [5.74, 6) is 1.30. The molecule has 0 fully saturated rings. The van der Waals surface area contributed by atoms with Crippen molar-refractivity contribution in [3.63, 3.8) is 0 Å². The highest BCUT2D eigenvalue weighted by Crippen LogP contribution is 2.36. The van der Waals surface area contributed by atoms with Crippen molar-refractivity contribution in [2.24, 2.45) is 5.41 Å². The third-order valence-corrected chi connectivity index (χ3v) is 3.57. The number of aromatic nitrogens is 2. The third-order valence-electron chi connectivity index (χ3n) is 3.57. The molecule has 18 heavy (non-hydrogen) atoms. The van der Waals surface area contributed by atoms with Gasteiger partial charge in [0.2, 0.25) is 5.95 Å². The Morgan fingerprint density at radius 3 is 2.56 bits per heavy atom. The molecule has 0 bridgehead atoms. The van der Waals surface area contributed by atoms with E-state index in [2.05, 4.69) is 37.2 Å². The topological polar surface area (TPSA) is 53.1 Å². The first-order valence-electron chi connectivity index (χ1n) is 6.16. The predicted octanol–water partition coefficient (Wildman–Crippen LogP) is 3.23. The normalized spacial score (nSPS) is 13.8. The van der Waals surface area contributed by atoms with Crippen molar-refractivity contribution >= 4 is 17.0 Å². The maximum atomic E-state index is 6.07. The zero-order chi connectivity index (χ0) is 13.5. The molecule has 1 aromatic heterocycles. The van der Waals surface area contributed by atoms with E-state index in [0.717, 1.165) is 16.8 Å². The quantitative estimate of drug-likeness (QED) is 0.886. The van der Waals surface area contributed by atoms with Crippen molar-refractivity contribution in [2.75, 3.05) is 12.8 Å². The number of hydrogen-bond donors (Lipinski definition) is 1. The second kappa shape index (κ2) is 4.19. The number of hydrogen-bond acceptors (Lipinski definition) is 3. The van der Waals surface area contributed by atoms with Gasteiger partial charge in [0.1, 0.15) is 11.3 Å². The van der Waals surface area contributed by atoms with Gasteiger partial charge >= 0.3 is 0 Å². The summed E-state index contributed by atoms with van der Waals surface area (Å²) in [5, 5.41) is 0. The van der Waals surface area contributed by atoms with Gasteiger partial charge in [0.05, 0.1) is 12.6 Å². The number of methoxy groups -OCH3 is 1. The number of benzene rings is 1. The van der Waals surface area contributed by atoms with E-state index < -0.39 is 0 Å². The van der Waals surface area contributed by atoms with Gasteiger partial charge in [-0.2, -0.15) is 0 Å². The molecule has 4 heteroatoms. The van der Waals surface area contributed by atoms with E-state index in [0.29, 0.717) is 5.95 Å². The zero-order valence-electron chi connectivity index (χ0n) is 11.7. The SMILES string of the molecule is COc1cccc2c1nc(N)n2C(C)C(C)(C)C. The van der Waals surface area contributed by atoms with Crippen LogP contribution < -0.4 is 10.5 Å². The highest BCUT2D eigenvalue weighted by Gasteiger charge is 2.25. The van der Waals surface area contributed by atoms with E-state index in [9.17, 15) is 0 Å². The molecule has 98 valence electrons. The molecule has 2 aromatic rings. The van der Waals surface area contributed by atoms with Crippen LogP contribution in [0.5, 0.6) is 5.75 Å². The minimum Gasteiger partial charge on any atom is -0.494 e. The van der Waals surface area contributed by atoms with E-state index in [4.69, 9.17) is 10.5 Å². The van der Waals surface area contributed by atoms with Crippen LogP contribution in [-0.4, -0.2) is 16.7 Å². The molecule has 0 aliphatic carbocycles. The molecule has 0 aliphatic heterocycles. The lowest BCUT2D eigenvalue weighted by Gasteiger charge is -2.29. The highest BCUT2D eigenvalue weighted by atomic mass is 16.5. The summed E-state index contributed by atoms with van der Waals surface area (Å²) in [6.45, 7) is 8.76. The van der Waals surface area contributed by atoms with Gasteiger partial charge in [0.25, 0.3) is 0 Å². The fourth-order valence-electron chi connectivity index (χ4n) is 2.07. The molecule has 4 nitrogen and oxygen atoms in total. The van der Waals surface area contributed by atoms with Gasteiger partial charge in [-0.1, -0.05) is 26.8 Å². The Balaban J connectivity index is 2.69. The Hall–Kier alpha value is -1.71. The average Bonchev–Trinajstić information content (AvgIpc) is 2.62. The second-order valence-electron chi connectivity index (χ2n) is 5.71. The molecule has 1 atom stereocenters. The zero-order valence-corrected chi connectivity index (χ0v) is 11.7. The van der Waals surface area contributed by atoms with E-state index in [1.807, 2.05) is 18.2 Å². The summed E-state index contributed by atoms with van der Waals surface area (Å²) >= 11 is 0. The lowest BCUT2D eigenvalue weighted by molar-refractivity contribution is 0.270. The lowest BCUT2D eigenvalue weighted by atomic mass is 9.88. The van der Waals surface area contributed by atoms with Crippen LogP contribution in [0.1, 0.15) is 33.7 Å². The Labute approximate surface area is 108 Å². The van der Waals surface area contributed by atoms with Crippen LogP contribution in [0.25, 0.3) is 11.0 Å². The van der Waals surface area contributed by atoms with E-state index in [1.165, 1.54) is 0 Å². The molecule has 2 rings (SSSR count). The number of fused-ring (bicyclic) bond motifs is 1. The van der Waals surface area contributed by atoms with E-state index in [1.54, 1.807) is 7.11 Å². The molecule has 0 radical (unpaired) electrons. The van der Waals surface area contributed by atoms with Gasteiger partial charge in [-0.15, -0.1) is 0 Å². The number of nitrogens with two attached hydrogens (primary N) is 1. The molecule has 0 amide bonds. The summed E-state index contributed by atoms with van der Waals surface area (Å²) < 4.78 is 7.41. The molecule has 2 N–H and O–H groups in total. The Morgan fingerprint density at radius 2 is 2.00 bits per heavy atom. The first kappa shape index (κ1) is 12.7. The standard InChI is InChI=1S/C14H21N3O/c1-9(14(2,3)4)17-10-7-6-8-11(18-5)12(10)16-13(17)15/h6-9H,1-5H3,(H2,15,16). The Morgan fingerprint density at radius 1 is 1.33 bits per heavy atom. The number of nitrogen functional groups attached to an aromatic ring is 1. The molecule has 0 spiro atoms. The minimum atomic E-state index is 0.116. The number of ether oxygens (including phenoxy) is 1. The van der Waals surface area contributed by atoms with Gasteiger partial charge in [0.15, 0.2) is 0 Å². The van der Waals surface area contributed by atoms with Crippen LogP contribution in [0.3, 0.4) is 0 Å². The van der Waals surface area contributed by atoms with Crippen molar-refractivity contribution in [3.8, 4) is 5.75 Å². The van der Waals surface area contributed by atoms with Crippen LogP contribution >= 0.6 is 0 Å². The minimum absolute atomic E-state index is 0.116. The molecule has 1 aromatic carbocycles. The summed E-state index contributed by atoms with van der Waals surface area (Å²) in [5.41, 5.74) is 8.04. The number of imidazole rings is 1. The van der Waals surface area contributed by atoms with Crippen molar-refractivity contribution in [1.82, 2.24) is 9.55 Å². The summed E-state index contributed by atoms with van der Waals surface area (Å²) in [6.07, 6.45) is 0. The van der Waals surface area contributed by atoms with Crippen LogP contribution in [0.4, 0.5) is 5.95 Å². The molecular weight excluding hydrogens is 226 g/mol. The Kier molecular flexibility index (Phi) is 2.97. The van der Waals surface area contributed by atoms with Crippen LogP contribution in [0.15, 0.2) is 18.2 Å². The van der Waals surface area contributed by atoms with Gasteiger partial charge in [-0.25, -0.2) is 4.98 Å². The fourth-order valence-corrected chi connectivity index (χ4v) is 2.07. The summed E-state index contributed by atoms with van der Waals surface area (Å²) in [4.78, 5) is 4.43. The first-order valence-corrected chi connectivity index (χ1v) is 6.16. The van der Waals surface area contributed by atoms with Crippen molar-refractivity contribution in [2.45, 2.75) is 33.7 Å². The van der Waals surface area contributed by atoms with Crippen molar-refractivity contribution in [1.29, 1.82) is 0 Å². The largest absolute Gasteiger partial charge is 0.494 e. The van der Waals surface area contributed by atoms with Gasteiger partial charge in [0, 0.05) is 6.04 Å². The Bertz CT molecular complexity index is 566. The average molecular weight is 247 g/mol. The predicted molar refractivity (Wildman–Crippen MR) is 74.9 cm³/mol. The maximum absolute atomic E-state index is 6.07. The molecule has 1 unspecified atom stereocenters. The second-order valence-corrected chi connectivity index (χ2v) is 5.71. The monoisotopic (exact) mass is 247 g/mol. The smallest absolute Gasteiger partial charge is 0.201 e. The summed E-state index contributed by atoms with van der Waals surface area (Å²) in [6, 6.07) is 6.16. The van der Waals surface area contributed by atoms with Crippen molar-refractivity contribution < 1.29 is 4.74 Å². The molecule has 0 saturated heterocycles. The van der Waals surface area contributed by atoms with Crippen molar-refractivity contribution in [3.05, 3.63) is 18.2 Å². The van der Waals surface area contributed by atoms with Crippen LogP contribution in [0.2, 0.25) is 0 Å². The molecule has 0 saturated carbocycles. The van der Waals surface area contributed by atoms with Gasteiger partial charge < -0.3 is 15.0 Å². The molecular formula is C14H21N3O. The maximum Gasteiger partial charge on any atom is 0.201 e. The number of para-hydroxylation sites is 1. The van der Waals surface area contributed by atoms with E-state index >= 15 is 0 Å².